The van der Waals surface area contributed by atoms with E-state index in [-0.39, 0.29) is 0 Å². The van der Waals surface area contributed by atoms with Gasteiger partial charge in [0.15, 0.2) is 0 Å². The van der Waals surface area contributed by atoms with Gasteiger partial charge in [-0.25, -0.2) is 0 Å². The molecule has 1 N–H and O–H groups in total. The largest absolute Gasteiger partial charge is 0.314 e. The van der Waals surface area contributed by atoms with E-state index >= 15 is 0 Å². The quantitative estimate of drug-likeness (QED) is 0.720. The van der Waals surface area contributed by atoms with Crippen LogP contribution in [-0.2, 0) is 0 Å². The lowest BCUT2D eigenvalue weighted by molar-refractivity contribution is 0.159. The van der Waals surface area contributed by atoms with Crippen molar-refractivity contribution in [3.05, 3.63) is 0 Å². The predicted molar refractivity (Wildman–Crippen MR) is 86.8 cm³/mol. The Bertz CT molecular complexity index is 322. The summed E-state index contributed by atoms with van der Waals surface area (Å²) >= 11 is 0. The van der Waals surface area contributed by atoms with Gasteiger partial charge in [0.2, 0.25) is 0 Å². The summed E-state index contributed by atoms with van der Waals surface area (Å²) in [6.45, 7) is 8.57. The number of fused-ring (bicyclic) bond motifs is 2. The van der Waals surface area contributed by atoms with Gasteiger partial charge in [0.1, 0.15) is 0 Å². The van der Waals surface area contributed by atoms with Crippen LogP contribution in [0.25, 0.3) is 0 Å². The Morgan fingerprint density at radius 1 is 1.15 bits per heavy atom. The van der Waals surface area contributed by atoms with Crippen molar-refractivity contribution in [1.29, 1.82) is 0 Å². The monoisotopic (exact) mass is 277 g/mol. The van der Waals surface area contributed by atoms with Gasteiger partial charge in [0, 0.05) is 6.04 Å². The maximum atomic E-state index is 3.95. The highest BCUT2D eigenvalue weighted by Crippen LogP contribution is 2.52. The van der Waals surface area contributed by atoms with Crippen LogP contribution in [0.5, 0.6) is 0 Å². The molecule has 0 amide bonds. The molecular formula is C19H35N. The van der Waals surface area contributed by atoms with E-state index in [1.54, 1.807) is 25.7 Å². The second-order valence-corrected chi connectivity index (χ2v) is 8.72. The summed E-state index contributed by atoms with van der Waals surface area (Å²) in [5, 5.41) is 3.95. The SMILES string of the molecule is CCCNC(CC1CC2CCC1C2)C1CCCC1(C)C. The molecular weight excluding hydrogens is 242 g/mol. The fourth-order valence-electron chi connectivity index (χ4n) is 5.81. The molecule has 3 saturated carbocycles. The van der Waals surface area contributed by atoms with E-state index in [9.17, 15) is 0 Å². The second-order valence-electron chi connectivity index (χ2n) is 8.72. The van der Waals surface area contributed by atoms with Crippen LogP contribution in [0.15, 0.2) is 0 Å². The first-order chi connectivity index (χ1) is 9.60. The highest BCUT2D eigenvalue weighted by Gasteiger charge is 2.44. The molecule has 0 aromatic heterocycles. The van der Waals surface area contributed by atoms with Gasteiger partial charge in [0.25, 0.3) is 0 Å². The fraction of sp³-hybridized carbons (Fsp3) is 1.00. The van der Waals surface area contributed by atoms with E-state index in [1.165, 1.54) is 38.6 Å². The van der Waals surface area contributed by atoms with Gasteiger partial charge in [0.05, 0.1) is 0 Å². The lowest BCUT2D eigenvalue weighted by Crippen LogP contribution is -2.43. The van der Waals surface area contributed by atoms with Crippen LogP contribution in [0, 0.1) is 29.1 Å². The van der Waals surface area contributed by atoms with Crippen molar-refractivity contribution in [3.8, 4) is 0 Å². The van der Waals surface area contributed by atoms with Crippen LogP contribution < -0.4 is 5.32 Å². The number of rotatable bonds is 6. The molecule has 1 nitrogen and oxygen atoms in total. The third-order valence-corrected chi connectivity index (χ3v) is 6.92. The Morgan fingerprint density at radius 3 is 2.55 bits per heavy atom. The van der Waals surface area contributed by atoms with Crippen molar-refractivity contribution < 1.29 is 0 Å². The zero-order chi connectivity index (χ0) is 14.2. The minimum absolute atomic E-state index is 0.572. The van der Waals surface area contributed by atoms with Crippen molar-refractivity contribution in [3.63, 3.8) is 0 Å². The van der Waals surface area contributed by atoms with Crippen molar-refractivity contribution in [2.24, 2.45) is 29.1 Å². The molecule has 3 aliphatic rings. The first-order valence-corrected chi connectivity index (χ1v) is 9.33. The summed E-state index contributed by atoms with van der Waals surface area (Å²) in [6.07, 6.45) is 13.3. The van der Waals surface area contributed by atoms with E-state index in [1.807, 2.05) is 0 Å². The second kappa shape index (κ2) is 5.99. The average Bonchev–Trinajstić information content (AvgIpc) is 3.09. The van der Waals surface area contributed by atoms with Crippen molar-refractivity contribution >= 4 is 0 Å². The summed E-state index contributed by atoms with van der Waals surface area (Å²) in [6, 6.07) is 0.803. The highest BCUT2D eigenvalue weighted by molar-refractivity contribution is 4.97. The zero-order valence-corrected chi connectivity index (χ0v) is 14.0. The standard InChI is InChI=1S/C19H35N/c1-4-10-20-18(17-6-5-9-19(17,2)3)13-16-12-14-7-8-15(16)11-14/h14-18,20H,4-13H2,1-3H3. The molecule has 5 atom stereocenters. The molecule has 0 aliphatic heterocycles. The summed E-state index contributed by atoms with van der Waals surface area (Å²) in [7, 11) is 0. The molecule has 0 heterocycles. The van der Waals surface area contributed by atoms with Gasteiger partial charge >= 0.3 is 0 Å². The van der Waals surface area contributed by atoms with Crippen LogP contribution in [0.3, 0.4) is 0 Å². The maximum Gasteiger partial charge on any atom is 0.0103 e. The van der Waals surface area contributed by atoms with Crippen LogP contribution >= 0.6 is 0 Å². The van der Waals surface area contributed by atoms with Gasteiger partial charge in [-0.1, -0.05) is 33.6 Å². The summed E-state index contributed by atoms with van der Waals surface area (Å²) in [4.78, 5) is 0. The number of hydrogen-bond donors (Lipinski definition) is 1. The van der Waals surface area contributed by atoms with E-state index in [4.69, 9.17) is 0 Å². The zero-order valence-electron chi connectivity index (χ0n) is 14.0. The molecule has 5 unspecified atom stereocenters. The average molecular weight is 277 g/mol. The minimum Gasteiger partial charge on any atom is -0.314 e. The molecule has 20 heavy (non-hydrogen) atoms. The van der Waals surface area contributed by atoms with E-state index in [0.29, 0.717) is 5.41 Å². The van der Waals surface area contributed by atoms with Crippen LogP contribution in [0.1, 0.15) is 78.6 Å². The van der Waals surface area contributed by atoms with Crippen molar-refractivity contribution in [2.45, 2.75) is 84.6 Å². The van der Waals surface area contributed by atoms with Gasteiger partial charge in [-0.2, -0.15) is 0 Å². The topological polar surface area (TPSA) is 12.0 Å². The smallest absolute Gasteiger partial charge is 0.0103 e. The Balaban J connectivity index is 1.63. The van der Waals surface area contributed by atoms with Gasteiger partial charge in [-0.15, -0.1) is 0 Å². The molecule has 0 spiro atoms. The maximum absolute atomic E-state index is 3.95. The van der Waals surface area contributed by atoms with E-state index in [0.717, 1.165) is 29.7 Å². The van der Waals surface area contributed by atoms with Crippen LogP contribution in [0.4, 0.5) is 0 Å². The van der Waals surface area contributed by atoms with Gasteiger partial charge in [-0.3, -0.25) is 0 Å². The third-order valence-electron chi connectivity index (χ3n) is 6.92. The van der Waals surface area contributed by atoms with Gasteiger partial charge < -0.3 is 5.32 Å². The fourth-order valence-corrected chi connectivity index (χ4v) is 5.81. The first kappa shape index (κ1) is 14.9. The molecule has 0 radical (unpaired) electrons. The Labute approximate surface area is 126 Å². The molecule has 0 aromatic rings. The highest BCUT2D eigenvalue weighted by atomic mass is 14.9. The van der Waals surface area contributed by atoms with E-state index < -0.39 is 0 Å². The summed E-state index contributed by atoms with van der Waals surface area (Å²) in [5.74, 6) is 4.18. The third kappa shape index (κ3) is 2.93. The lowest BCUT2D eigenvalue weighted by Gasteiger charge is -2.37. The van der Waals surface area contributed by atoms with Crippen molar-refractivity contribution in [2.75, 3.05) is 6.54 Å². The summed E-state index contributed by atoms with van der Waals surface area (Å²) < 4.78 is 0. The minimum atomic E-state index is 0.572. The Kier molecular flexibility index (Phi) is 4.45. The molecule has 1 heteroatoms. The van der Waals surface area contributed by atoms with E-state index in [2.05, 4.69) is 26.1 Å². The molecule has 3 aliphatic carbocycles. The molecule has 116 valence electrons. The molecule has 0 aromatic carbocycles. The molecule has 2 bridgehead atoms. The van der Waals surface area contributed by atoms with Crippen LogP contribution in [-0.4, -0.2) is 12.6 Å². The lowest BCUT2D eigenvalue weighted by atomic mass is 9.73. The van der Waals surface area contributed by atoms with Crippen LogP contribution in [0.2, 0.25) is 0 Å². The normalized spacial score (nSPS) is 40.4. The predicted octanol–water partition coefficient (Wildman–Crippen LogP) is 5.01. The molecule has 3 fully saturated rings. The molecule has 3 rings (SSSR count). The Hall–Kier alpha value is -0.0400. The Morgan fingerprint density at radius 2 is 2.00 bits per heavy atom. The summed E-state index contributed by atoms with van der Waals surface area (Å²) in [5.41, 5.74) is 0.572. The number of hydrogen-bond acceptors (Lipinski definition) is 1. The molecule has 0 saturated heterocycles. The van der Waals surface area contributed by atoms with Gasteiger partial charge in [-0.05, 0) is 80.6 Å². The first-order valence-electron chi connectivity index (χ1n) is 9.33. The van der Waals surface area contributed by atoms with Crippen molar-refractivity contribution in [1.82, 2.24) is 5.32 Å². The number of nitrogens with one attached hydrogen (secondary N) is 1.